The highest BCUT2D eigenvalue weighted by Gasteiger charge is 2.19. The van der Waals surface area contributed by atoms with Crippen molar-refractivity contribution in [3.8, 4) is 0 Å². The zero-order chi connectivity index (χ0) is 16.7. The first-order chi connectivity index (χ1) is 10.3. The topological polar surface area (TPSA) is 70.5 Å². The van der Waals surface area contributed by atoms with Crippen molar-refractivity contribution >= 4 is 11.9 Å². The Balaban J connectivity index is 2.89. The summed E-state index contributed by atoms with van der Waals surface area (Å²) in [6.07, 6.45) is 1.84. The van der Waals surface area contributed by atoms with Gasteiger partial charge in [0.2, 0.25) is 0 Å². The van der Waals surface area contributed by atoms with Gasteiger partial charge in [-0.25, -0.2) is 9.78 Å². The Hall–Kier alpha value is -1.91. The molecule has 0 bridgehead atoms. The van der Waals surface area contributed by atoms with Crippen molar-refractivity contribution in [2.45, 2.75) is 40.5 Å². The standard InChI is InChI=1S/C17H26N2O3/c1-12(2)8-10-19(11-9-13(3)4)16(20)14-6-5-7-15(18-14)17(21)22/h5-7,12-13H,8-11H2,1-4H3,(H,21,22). The number of pyridine rings is 1. The lowest BCUT2D eigenvalue weighted by Gasteiger charge is -2.24. The van der Waals surface area contributed by atoms with E-state index in [-0.39, 0.29) is 17.3 Å². The molecule has 1 N–H and O–H groups in total. The molecule has 0 aliphatic heterocycles. The van der Waals surface area contributed by atoms with Crippen LogP contribution < -0.4 is 0 Å². The summed E-state index contributed by atoms with van der Waals surface area (Å²) < 4.78 is 0. The number of aromatic nitrogens is 1. The van der Waals surface area contributed by atoms with E-state index in [0.29, 0.717) is 24.9 Å². The number of nitrogens with zero attached hydrogens (tertiary/aromatic N) is 2. The summed E-state index contributed by atoms with van der Waals surface area (Å²) in [6.45, 7) is 9.82. The van der Waals surface area contributed by atoms with Crippen molar-refractivity contribution in [2.24, 2.45) is 11.8 Å². The molecule has 0 saturated heterocycles. The number of carboxylic acid groups (broad SMARTS) is 1. The molecule has 1 amide bonds. The van der Waals surface area contributed by atoms with E-state index in [9.17, 15) is 9.59 Å². The Labute approximate surface area is 132 Å². The highest BCUT2D eigenvalue weighted by atomic mass is 16.4. The molecule has 122 valence electrons. The molecular formula is C17H26N2O3. The van der Waals surface area contributed by atoms with Crippen LogP contribution in [0.1, 0.15) is 61.5 Å². The Morgan fingerprint density at radius 3 is 2.00 bits per heavy atom. The van der Waals surface area contributed by atoms with Gasteiger partial charge in [0.25, 0.3) is 5.91 Å². The van der Waals surface area contributed by atoms with Gasteiger partial charge >= 0.3 is 5.97 Å². The van der Waals surface area contributed by atoms with Crippen LogP contribution in [0.4, 0.5) is 0 Å². The Kier molecular flexibility index (Phi) is 7.02. The molecule has 1 rings (SSSR count). The summed E-state index contributed by atoms with van der Waals surface area (Å²) in [6, 6.07) is 4.53. The smallest absolute Gasteiger partial charge is 0.354 e. The summed E-state index contributed by atoms with van der Waals surface area (Å²) in [5, 5.41) is 8.99. The van der Waals surface area contributed by atoms with Gasteiger partial charge in [-0.15, -0.1) is 0 Å². The van der Waals surface area contributed by atoms with Crippen LogP contribution in [-0.2, 0) is 0 Å². The first-order valence-electron chi connectivity index (χ1n) is 7.81. The van der Waals surface area contributed by atoms with Gasteiger partial charge in [0.1, 0.15) is 11.4 Å². The predicted molar refractivity (Wildman–Crippen MR) is 86.0 cm³/mol. The highest BCUT2D eigenvalue weighted by molar-refractivity contribution is 5.94. The van der Waals surface area contributed by atoms with Crippen LogP contribution in [0.15, 0.2) is 18.2 Å². The number of amides is 1. The molecule has 5 nitrogen and oxygen atoms in total. The molecule has 0 saturated carbocycles. The Morgan fingerprint density at radius 2 is 1.55 bits per heavy atom. The maximum absolute atomic E-state index is 12.6. The average Bonchev–Trinajstić information content (AvgIpc) is 2.46. The molecule has 5 heteroatoms. The third-order valence-corrected chi connectivity index (χ3v) is 3.43. The second kappa shape index (κ2) is 8.51. The fraction of sp³-hybridized carbons (Fsp3) is 0.588. The number of carboxylic acids is 1. The normalized spacial score (nSPS) is 11.0. The molecular weight excluding hydrogens is 280 g/mol. The van der Waals surface area contributed by atoms with Crippen LogP contribution in [0.5, 0.6) is 0 Å². The first-order valence-corrected chi connectivity index (χ1v) is 7.81. The largest absolute Gasteiger partial charge is 0.477 e. The van der Waals surface area contributed by atoms with Gasteiger partial charge in [-0.2, -0.15) is 0 Å². The lowest BCUT2D eigenvalue weighted by Crippen LogP contribution is -2.34. The molecule has 0 fully saturated rings. The highest BCUT2D eigenvalue weighted by Crippen LogP contribution is 2.11. The molecule has 0 aromatic carbocycles. The molecule has 0 atom stereocenters. The van der Waals surface area contributed by atoms with Crippen LogP contribution in [-0.4, -0.2) is 40.0 Å². The lowest BCUT2D eigenvalue weighted by atomic mass is 10.1. The summed E-state index contributed by atoms with van der Waals surface area (Å²) >= 11 is 0. The van der Waals surface area contributed by atoms with Crippen LogP contribution in [0.3, 0.4) is 0 Å². The third-order valence-electron chi connectivity index (χ3n) is 3.43. The van der Waals surface area contributed by atoms with Gasteiger partial charge < -0.3 is 10.0 Å². The second-order valence-corrected chi connectivity index (χ2v) is 6.37. The lowest BCUT2D eigenvalue weighted by molar-refractivity contribution is 0.0689. The molecule has 0 aliphatic rings. The quantitative estimate of drug-likeness (QED) is 0.800. The van der Waals surface area contributed by atoms with Crippen LogP contribution in [0.2, 0.25) is 0 Å². The molecule has 1 heterocycles. The summed E-state index contributed by atoms with van der Waals surface area (Å²) in [4.78, 5) is 29.3. The van der Waals surface area contributed by atoms with E-state index < -0.39 is 5.97 Å². The molecule has 0 unspecified atom stereocenters. The van der Waals surface area contributed by atoms with E-state index in [4.69, 9.17) is 5.11 Å². The average molecular weight is 306 g/mol. The molecule has 22 heavy (non-hydrogen) atoms. The van der Waals surface area contributed by atoms with Crippen LogP contribution >= 0.6 is 0 Å². The first kappa shape index (κ1) is 18.1. The zero-order valence-corrected chi connectivity index (χ0v) is 13.9. The fourth-order valence-electron chi connectivity index (χ4n) is 1.98. The van der Waals surface area contributed by atoms with Crippen molar-refractivity contribution in [2.75, 3.05) is 13.1 Å². The van der Waals surface area contributed by atoms with Crippen LogP contribution in [0.25, 0.3) is 0 Å². The summed E-state index contributed by atoms with van der Waals surface area (Å²) in [5.41, 5.74) is 0.103. The van der Waals surface area contributed by atoms with Crippen molar-refractivity contribution in [3.63, 3.8) is 0 Å². The number of carbonyl (C=O) groups is 2. The van der Waals surface area contributed by atoms with E-state index in [0.717, 1.165) is 12.8 Å². The summed E-state index contributed by atoms with van der Waals surface area (Å²) in [7, 11) is 0. The van der Waals surface area contributed by atoms with E-state index in [1.54, 1.807) is 17.0 Å². The predicted octanol–water partition coefficient (Wildman–Crippen LogP) is 3.31. The van der Waals surface area contributed by atoms with Gasteiger partial charge in [-0.1, -0.05) is 33.8 Å². The zero-order valence-electron chi connectivity index (χ0n) is 13.9. The molecule has 0 spiro atoms. The van der Waals surface area contributed by atoms with E-state index in [1.165, 1.54) is 6.07 Å². The maximum Gasteiger partial charge on any atom is 0.354 e. The molecule has 1 aromatic rings. The van der Waals surface area contributed by atoms with Gasteiger partial charge in [0.05, 0.1) is 0 Å². The number of rotatable bonds is 8. The van der Waals surface area contributed by atoms with Crippen molar-refractivity contribution in [3.05, 3.63) is 29.6 Å². The van der Waals surface area contributed by atoms with E-state index in [1.807, 2.05) is 0 Å². The van der Waals surface area contributed by atoms with Gasteiger partial charge in [0, 0.05) is 13.1 Å². The number of aromatic carboxylic acids is 1. The number of hydrogen-bond donors (Lipinski definition) is 1. The summed E-state index contributed by atoms with van der Waals surface area (Å²) in [5.74, 6) is -0.296. The Morgan fingerprint density at radius 1 is 1.05 bits per heavy atom. The SMILES string of the molecule is CC(C)CCN(CCC(C)C)C(=O)c1cccc(C(=O)O)n1. The third kappa shape index (κ3) is 5.84. The molecule has 0 radical (unpaired) electrons. The fourth-order valence-corrected chi connectivity index (χ4v) is 1.98. The minimum atomic E-state index is -1.12. The Bertz CT molecular complexity index is 500. The second-order valence-electron chi connectivity index (χ2n) is 6.37. The number of hydrogen-bond acceptors (Lipinski definition) is 3. The molecule has 0 aliphatic carbocycles. The van der Waals surface area contributed by atoms with Gasteiger partial charge in [-0.05, 0) is 36.8 Å². The van der Waals surface area contributed by atoms with Gasteiger partial charge in [0.15, 0.2) is 0 Å². The van der Waals surface area contributed by atoms with Crippen LogP contribution in [0, 0.1) is 11.8 Å². The van der Waals surface area contributed by atoms with Gasteiger partial charge in [-0.3, -0.25) is 4.79 Å². The van der Waals surface area contributed by atoms with Crippen molar-refractivity contribution < 1.29 is 14.7 Å². The number of carbonyl (C=O) groups excluding carboxylic acids is 1. The minimum absolute atomic E-state index is 0.0986. The minimum Gasteiger partial charge on any atom is -0.477 e. The maximum atomic E-state index is 12.6. The molecule has 1 aromatic heterocycles. The monoisotopic (exact) mass is 306 g/mol. The van der Waals surface area contributed by atoms with E-state index in [2.05, 4.69) is 32.7 Å². The van der Waals surface area contributed by atoms with Crippen molar-refractivity contribution in [1.29, 1.82) is 0 Å². The van der Waals surface area contributed by atoms with E-state index >= 15 is 0 Å². The van der Waals surface area contributed by atoms with Crippen molar-refractivity contribution in [1.82, 2.24) is 9.88 Å².